The van der Waals surface area contributed by atoms with Crippen LogP contribution in [-0.2, 0) is 4.79 Å². The van der Waals surface area contributed by atoms with Crippen LogP contribution in [0.4, 0.5) is 0 Å². The van der Waals surface area contributed by atoms with Crippen LogP contribution in [0.15, 0.2) is 0 Å². The maximum absolute atomic E-state index is 10.8. The molecule has 0 rings (SSSR count). The Morgan fingerprint density at radius 1 is 1.45 bits per heavy atom. The Labute approximate surface area is 67.0 Å². The van der Waals surface area contributed by atoms with Crippen molar-refractivity contribution in [2.45, 2.75) is 12.8 Å². The van der Waals surface area contributed by atoms with E-state index in [2.05, 4.69) is 10.6 Å². The number of aliphatic hydroxyl groups is 1. The van der Waals surface area contributed by atoms with Crippen LogP contribution in [0.5, 0.6) is 0 Å². The summed E-state index contributed by atoms with van der Waals surface area (Å²) in [5.41, 5.74) is 0. The van der Waals surface area contributed by atoms with Crippen LogP contribution >= 0.6 is 0 Å². The summed E-state index contributed by atoms with van der Waals surface area (Å²) in [5, 5.41) is 13.9. The second-order valence-corrected chi connectivity index (χ2v) is 2.28. The zero-order chi connectivity index (χ0) is 8.53. The highest BCUT2D eigenvalue weighted by atomic mass is 16.3. The van der Waals surface area contributed by atoms with E-state index in [1.807, 2.05) is 0 Å². The maximum Gasteiger partial charge on any atom is 0.221 e. The van der Waals surface area contributed by atoms with Crippen LogP contribution in [0.1, 0.15) is 12.8 Å². The lowest BCUT2D eigenvalue weighted by Crippen LogP contribution is -2.27. The van der Waals surface area contributed by atoms with Crippen molar-refractivity contribution in [3.8, 4) is 0 Å². The third-order valence-electron chi connectivity index (χ3n) is 1.26. The average Bonchev–Trinajstić information content (AvgIpc) is 2.01. The Hall–Kier alpha value is -0.610. The molecule has 0 saturated heterocycles. The van der Waals surface area contributed by atoms with Gasteiger partial charge in [-0.25, -0.2) is 0 Å². The van der Waals surface area contributed by atoms with Gasteiger partial charge in [0.1, 0.15) is 0 Å². The maximum atomic E-state index is 10.8. The summed E-state index contributed by atoms with van der Waals surface area (Å²) < 4.78 is 0. The highest BCUT2D eigenvalue weighted by Gasteiger charge is 1.97. The summed E-state index contributed by atoms with van der Waals surface area (Å²) in [6.07, 6.45) is 1.13. The van der Waals surface area contributed by atoms with Gasteiger partial charge in [0.25, 0.3) is 0 Å². The second-order valence-electron chi connectivity index (χ2n) is 2.28. The number of carbonyl (C=O) groups excluding carboxylic acids is 1. The highest BCUT2D eigenvalue weighted by molar-refractivity contribution is 5.75. The van der Waals surface area contributed by atoms with Crippen molar-refractivity contribution in [3.05, 3.63) is 0 Å². The van der Waals surface area contributed by atoms with E-state index in [4.69, 9.17) is 5.11 Å². The number of amides is 1. The third-order valence-corrected chi connectivity index (χ3v) is 1.26. The van der Waals surface area contributed by atoms with Gasteiger partial charge in [0, 0.05) is 26.1 Å². The van der Waals surface area contributed by atoms with E-state index in [1.54, 1.807) is 7.05 Å². The molecule has 4 heteroatoms. The molecule has 0 unspecified atom stereocenters. The molecule has 0 spiro atoms. The minimum absolute atomic E-state index is 0.0350. The molecule has 1 amide bonds. The first kappa shape index (κ1) is 10.4. The Morgan fingerprint density at radius 3 is 2.73 bits per heavy atom. The standard InChI is InChI=1S/C7H16N2O2/c1-8-5-3-7(11)9-4-2-6-10/h8,10H,2-6H2,1H3,(H,9,11). The lowest BCUT2D eigenvalue weighted by molar-refractivity contribution is -0.121. The molecular formula is C7H16N2O2. The molecule has 4 nitrogen and oxygen atoms in total. The van der Waals surface area contributed by atoms with Gasteiger partial charge in [-0.2, -0.15) is 0 Å². The van der Waals surface area contributed by atoms with Crippen molar-refractivity contribution in [3.63, 3.8) is 0 Å². The van der Waals surface area contributed by atoms with Crippen molar-refractivity contribution in [1.82, 2.24) is 10.6 Å². The molecule has 0 bridgehead atoms. The summed E-state index contributed by atoms with van der Waals surface area (Å²) in [7, 11) is 1.81. The van der Waals surface area contributed by atoms with Crippen molar-refractivity contribution >= 4 is 5.91 Å². The highest BCUT2D eigenvalue weighted by Crippen LogP contribution is 1.77. The predicted octanol–water partition coefficient (Wildman–Crippen LogP) is -0.905. The SMILES string of the molecule is CNCCC(=O)NCCCO. The van der Waals surface area contributed by atoms with E-state index in [-0.39, 0.29) is 12.5 Å². The van der Waals surface area contributed by atoms with Gasteiger partial charge >= 0.3 is 0 Å². The molecule has 11 heavy (non-hydrogen) atoms. The Balaban J connectivity index is 3.09. The first-order valence-corrected chi connectivity index (χ1v) is 3.83. The molecule has 0 radical (unpaired) electrons. The third kappa shape index (κ3) is 7.29. The van der Waals surface area contributed by atoms with E-state index in [1.165, 1.54) is 0 Å². The molecule has 0 aromatic rings. The minimum Gasteiger partial charge on any atom is -0.396 e. The zero-order valence-electron chi connectivity index (χ0n) is 6.89. The molecule has 0 aliphatic carbocycles. The lowest BCUT2D eigenvalue weighted by Gasteiger charge is -2.02. The Morgan fingerprint density at radius 2 is 2.18 bits per heavy atom. The lowest BCUT2D eigenvalue weighted by atomic mass is 10.4. The molecule has 0 heterocycles. The van der Waals surface area contributed by atoms with Crippen molar-refractivity contribution in [2.75, 3.05) is 26.7 Å². The van der Waals surface area contributed by atoms with E-state index in [9.17, 15) is 4.79 Å². The number of nitrogens with one attached hydrogen (secondary N) is 2. The Kier molecular flexibility index (Phi) is 7.08. The number of hydrogen-bond donors (Lipinski definition) is 3. The molecule has 0 fully saturated rings. The minimum atomic E-state index is 0.0350. The molecular weight excluding hydrogens is 144 g/mol. The fraction of sp³-hybridized carbons (Fsp3) is 0.857. The van der Waals surface area contributed by atoms with Gasteiger partial charge in [0.2, 0.25) is 5.91 Å². The molecule has 0 aromatic heterocycles. The zero-order valence-corrected chi connectivity index (χ0v) is 6.89. The number of carbonyl (C=O) groups is 1. The summed E-state index contributed by atoms with van der Waals surface area (Å²) >= 11 is 0. The van der Waals surface area contributed by atoms with Crippen LogP contribution in [0, 0.1) is 0 Å². The molecule has 0 atom stereocenters. The number of hydrogen-bond acceptors (Lipinski definition) is 3. The van der Waals surface area contributed by atoms with Crippen LogP contribution in [0.25, 0.3) is 0 Å². The predicted molar refractivity (Wildman–Crippen MR) is 43.3 cm³/mol. The molecule has 66 valence electrons. The second kappa shape index (κ2) is 7.50. The van der Waals surface area contributed by atoms with Gasteiger partial charge in [-0.05, 0) is 13.5 Å². The van der Waals surface area contributed by atoms with Gasteiger partial charge in [0.05, 0.1) is 0 Å². The molecule has 0 aromatic carbocycles. The molecule has 3 N–H and O–H groups in total. The van der Waals surface area contributed by atoms with Crippen LogP contribution < -0.4 is 10.6 Å². The number of aliphatic hydroxyl groups excluding tert-OH is 1. The molecule has 0 aliphatic rings. The van der Waals surface area contributed by atoms with Gasteiger partial charge in [-0.3, -0.25) is 4.79 Å². The average molecular weight is 160 g/mol. The molecule has 0 saturated carbocycles. The van der Waals surface area contributed by atoms with Crippen LogP contribution in [0.3, 0.4) is 0 Å². The smallest absolute Gasteiger partial charge is 0.221 e. The number of rotatable bonds is 6. The van der Waals surface area contributed by atoms with E-state index < -0.39 is 0 Å². The first-order valence-electron chi connectivity index (χ1n) is 3.83. The van der Waals surface area contributed by atoms with Crippen molar-refractivity contribution in [1.29, 1.82) is 0 Å². The fourth-order valence-corrected chi connectivity index (χ4v) is 0.634. The van der Waals surface area contributed by atoms with E-state index in [0.717, 1.165) is 0 Å². The van der Waals surface area contributed by atoms with Crippen molar-refractivity contribution in [2.24, 2.45) is 0 Å². The summed E-state index contributed by atoms with van der Waals surface area (Å²) in [4.78, 5) is 10.8. The van der Waals surface area contributed by atoms with Crippen LogP contribution in [-0.4, -0.2) is 37.8 Å². The normalized spacial score (nSPS) is 9.64. The fourth-order valence-electron chi connectivity index (χ4n) is 0.634. The monoisotopic (exact) mass is 160 g/mol. The summed E-state index contributed by atoms with van der Waals surface area (Å²) in [5.74, 6) is 0.0350. The topological polar surface area (TPSA) is 61.4 Å². The first-order chi connectivity index (χ1) is 5.31. The van der Waals surface area contributed by atoms with Crippen LogP contribution in [0.2, 0.25) is 0 Å². The van der Waals surface area contributed by atoms with E-state index >= 15 is 0 Å². The molecule has 0 aliphatic heterocycles. The van der Waals surface area contributed by atoms with Gasteiger partial charge in [-0.1, -0.05) is 0 Å². The quantitative estimate of drug-likeness (QED) is 0.441. The van der Waals surface area contributed by atoms with Gasteiger partial charge < -0.3 is 15.7 Å². The van der Waals surface area contributed by atoms with Gasteiger partial charge in [0.15, 0.2) is 0 Å². The largest absolute Gasteiger partial charge is 0.396 e. The van der Waals surface area contributed by atoms with Crippen molar-refractivity contribution < 1.29 is 9.90 Å². The van der Waals surface area contributed by atoms with Gasteiger partial charge in [-0.15, -0.1) is 0 Å². The van der Waals surface area contributed by atoms with E-state index in [0.29, 0.717) is 25.9 Å². The summed E-state index contributed by atoms with van der Waals surface area (Å²) in [6, 6.07) is 0. The Bertz CT molecular complexity index is 107. The summed E-state index contributed by atoms with van der Waals surface area (Å²) in [6.45, 7) is 1.40.